The van der Waals surface area contributed by atoms with Crippen LogP contribution in [0.25, 0.3) is 0 Å². The van der Waals surface area contributed by atoms with E-state index in [1.54, 1.807) is 0 Å². The van der Waals surface area contributed by atoms with Gasteiger partial charge in [0.15, 0.2) is 11.6 Å². The Bertz CT molecular complexity index is 481. The molecule has 1 rings (SSSR count). The Hall–Kier alpha value is -1.46. The van der Waals surface area contributed by atoms with E-state index < -0.39 is 35.5 Å². The zero-order chi connectivity index (χ0) is 15.3. The third-order valence-corrected chi connectivity index (χ3v) is 2.40. The number of nitrogens with one attached hydrogen (secondary N) is 1. The van der Waals surface area contributed by atoms with E-state index in [2.05, 4.69) is 4.30 Å². The van der Waals surface area contributed by atoms with Gasteiger partial charge in [-0.05, 0) is 19.1 Å². The van der Waals surface area contributed by atoms with Gasteiger partial charge in [0.05, 0.1) is 5.56 Å². The lowest BCUT2D eigenvalue weighted by molar-refractivity contribution is -0.140. The molecule has 1 aromatic rings. The fraction of sp³-hybridized carbons (Fsp3) is 0.364. The van der Waals surface area contributed by atoms with E-state index in [1.807, 2.05) is 16.5 Å². The largest absolute Gasteiger partial charge is 0.487 e. The summed E-state index contributed by atoms with van der Waals surface area (Å²) in [4.78, 5) is 10.9. The first-order chi connectivity index (χ1) is 9.25. The summed E-state index contributed by atoms with van der Waals surface area (Å²) >= 11 is 1.92. The molecular weight excluding hydrogens is 297 g/mol. The quantitative estimate of drug-likeness (QED) is 0.686. The zero-order valence-corrected chi connectivity index (χ0v) is 11.5. The average Bonchev–Trinajstić information content (AvgIpc) is 2.36. The van der Waals surface area contributed by atoms with Crippen molar-refractivity contribution in [3.05, 3.63) is 29.6 Å². The summed E-state index contributed by atoms with van der Waals surface area (Å²) in [6.45, 7) is 1.17. The van der Waals surface area contributed by atoms with Gasteiger partial charge in [0.25, 0.3) is 0 Å². The lowest BCUT2D eigenvalue weighted by Gasteiger charge is -2.16. The first kappa shape index (κ1) is 16.6. The topological polar surface area (TPSA) is 47.6 Å². The third kappa shape index (κ3) is 4.58. The monoisotopic (exact) mass is 307 g/mol. The van der Waals surface area contributed by atoms with Crippen molar-refractivity contribution in [2.45, 2.75) is 19.2 Å². The van der Waals surface area contributed by atoms with Crippen LogP contribution in [-0.2, 0) is 10.9 Å². The molecule has 9 heteroatoms. The molecule has 1 aromatic carbocycles. The Morgan fingerprint density at radius 3 is 2.65 bits per heavy atom. The summed E-state index contributed by atoms with van der Waals surface area (Å²) in [5.74, 6) is -2.05. The zero-order valence-electron chi connectivity index (χ0n) is 10.3. The van der Waals surface area contributed by atoms with Crippen molar-refractivity contribution in [3.8, 4) is 5.75 Å². The molecule has 1 unspecified atom stereocenters. The highest BCUT2D eigenvalue weighted by atomic mass is 27.1. The summed E-state index contributed by atoms with van der Waals surface area (Å²) in [5, 5.41) is 0. The molecule has 0 aliphatic rings. The van der Waals surface area contributed by atoms with E-state index in [4.69, 9.17) is 9.47 Å². The molecule has 1 N–H and O–H groups in total. The summed E-state index contributed by atoms with van der Waals surface area (Å²) < 4.78 is 62.7. The minimum absolute atomic E-state index is 0.281. The van der Waals surface area contributed by atoms with Gasteiger partial charge in [0.1, 0.15) is 12.7 Å². The molecule has 0 bridgehead atoms. The Kier molecular flexibility index (Phi) is 5.65. The second-order valence-corrected chi connectivity index (χ2v) is 4.08. The van der Waals surface area contributed by atoms with Crippen molar-refractivity contribution in [2.24, 2.45) is 0 Å². The molecular formula is C11H10AlF4NO3. The van der Waals surface area contributed by atoms with Crippen LogP contribution < -0.4 is 9.04 Å². The number of alkyl halides is 3. The first-order valence-electron chi connectivity index (χ1n) is 5.41. The fourth-order valence-electron chi connectivity index (χ4n) is 1.30. The Morgan fingerprint density at radius 2 is 2.10 bits per heavy atom. The van der Waals surface area contributed by atoms with Gasteiger partial charge in [-0.3, -0.25) is 0 Å². The minimum Gasteiger partial charge on any atom is -0.487 e. The first-order valence-corrected chi connectivity index (χ1v) is 5.99. The van der Waals surface area contributed by atoms with Crippen molar-refractivity contribution < 1.29 is 31.8 Å². The number of halogens is 4. The molecule has 2 radical (unpaired) electrons. The maximum absolute atomic E-state index is 13.6. The van der Waals surface area contributed by atoms with Crippen molar-refractivity contribution in [1.82, 2.24) is 4.30 Å². The lowest BCUT2D eigenvalue weighted by atomic mass is 10.2. The standard InChI is InChI=1S/C11H11F4NO3.Al/c1-6(19-10(16)17)5-18-8-4-2-3-7(9(8)12)11(13,14)15;/h2-4,6H,5H2,1H3,(H2,16,17);/q;+1/p-1. The molecule has 0 saturated heterocycles. The molecule has 1 amide bonds. The van der Waals surface area contributed by atoms with E-state index in [0.717, 1.165) is 12.1 Å². The number of ether oxygens (including phenoxy) is 2. The fourth-order valence-corrected chi connectivity index (χ4v) is 1.37. The molecule has 0 spiro atoms. The van der Waals surface area contributed by atoms with E-state index in [0.29, 0.717) is 6.07 Å². The molecule has 4 nitrogen and oxygen atoms in total. The van der Waals surface area contributed by atoms with Crippen LogP contribution in [0.1, 0.15) is 12.5 Å². The van der Waals surface area contributed by atoms with Crippen LogP contribution in [-0.4, -0.2) is 35.3 Å². The number of hydrogen-bond acceptors (Lipinski definition) is 3. The highest BCUT2D eigenvalue weighted by Gasteiger charge is 2.35. The number of carbonyl (C=O) groups excluding carboxylic acids is 1. The second kappa shape index (κ2) is 6.81. The summed E-state index contributed by atoms with van der Waals surface area (Å²) in [6, 6.07) is 2.71. The second-order valence-electron chi connectivity index (χ2n) is 3.79. The van der Waals surface area contributed by atoms with Gasteiger partial charge in [0.2, 0.25) is 0 Å². The van der Waals surface area contributed by atoms with Gasteiger partial charge < -0.3 is 13.8 Å². The number of benzene rings is 1. The van der Waals surface area contributed by atoms with E-state index >= 15 is 0 Å². The van der Waals surface area contributed by atoms with Crippen LogP contribution in [0.5, 0.6) is 5.75 Å². The summed E-state index contributed by atoms with van der Waals surface area (Å²) in [5.41, 5.74) is -1.41. The molecule has 0 aliphatic carbocycles. The smallest absolute Gasteiger partial charge is 0.419 e. The molecule has 20 heavy (non-hydrogen) atoms. The third-order valence-electron chi connectivity index (χ3n) is 2.17. The molecule has 108 valence electrons. The number of rotatable bonds is 4. The SMILES string of the molecule is CC(COc1cccc(C(F)(F)F)c1F)OC(=O)[NH][Al]. The van der Waals surface area contributed by atoms with Gasteiger partial charge >= 0.3 is 28.8 Å². The molecule has 0 aliphatic heterocycles. The molecule has 0 heterocycles. The minimum atomic E-state index is -4.80. The average molecular weight is 307 g/mol. The van der Waals surface area contributed by atoms with Gasteiger partial charge in [-0.2, -0.15) is 13.2 Å². The van der Waals surface area contributed by atoms with Crippen LogP contribution in [0.2, 0.25) is 0 Å². The van der Waals surface area contributed by atoms with Crippen LogP contribution in [0.15, 0.2) is 18.2 Å². The van der Waals surface area contributed by atoms with Crippen molar-refractivity contribution in [1.29, 1.82) is 0 Å². The van der Waals surface area contributed by atoms with Crippen LogP contribution in [0.3, 0.4) is 0 Å². The Balaban J connectivity index is 2.72. The number of carbonyl (C=O) groups is 1. The maximum Gasteiger partial charge on any atom is 0.419 e. The van der Waals surface area contributed by atoms with Crippen molar-refractivity contribution in [3.63, 3.8) is 0 Å². The molecule has 0 aromatic heterocycles. The normalized spacial score (nSPS) is 12.7. The molecule has 1 atom stereocenters. The predicted octanol–water partition coefficient (Wildman–Crippen LogP) is 2.42. The van der Waals surface area contributed by atoms with E-state index in [9.17, 15) is 22.4 Å². The van der Waals surface area contributed by atoms with E-state index in [-0.39, 0.29) is 6.61 Å². The van der Waals surface area contributed by atoms with Gasteiger partial charge in [-0.15, -0.1) is 0 Å². The van der Waals surface area contributed by atoms with Gasteiger partial charge in [-0.1, -0.05) is 6.07 Å². The van der Waals surface area contributed by atoms with Crippen LogP contribution >= 0.6 is 0 Å². The summed E-state index contributed by atoms with van der Waals surface area (Å²) in [7, 11) is 0. The van der Waals surface area contributed by atoms with Gasteiger partial charge in [-0.25, -0.2) is 9.18 Å². The highest BCUT2D eigenvalue weighted by Crippen LogP contribution is 2.34. The Labute approximate surface area is 120 Å². The highest BCUT2D eigenvalue weighted by molar-refractivity contribution is 6.12. The number of amides is 1. The van der Waals surface area contributed by atoms with Crippen molar-refractivity contribution >= 4 is 22.6 Å². The Morgan fingerprint density at radius 1 is 1.45 bits per heavy atom. The van der Waals surface area contributed by atoms with Gasteiger partial charge in [0, 0.05) is 0 Å². The van der Waals surface area contributed by atoms with Crippen LogP contribution in [0.4, 0.5) is 22.4 Å². The lowest BCUT2D eigenvalue weighted by Crippen LogP contribution is -2.29. The maximum atomic E-state index is 13.6. The molecule has 0 saturated carbocycles. The van der Waals surface area contributed by atoms with Crippen LogP contribution in [0, 0.1) is 5.82 Å². The summed E-state index contributed by atoms with van der Waals surface area (Å²) in [6.07, 6.45) is -6.31. The van der Waals surface area contributed by atoms with Crippen molar-refractivity contribution in [2.75, 3.05) is 6.61 Å². The molecule has 0 fully saturated rings. The predicted molar refractivity (Wildman–Crippen MR) is 61.7 cm³/mol. The van der Waals surface area contributed by atoms with E-state index in [1.165, 1.54) is 6.92 Å². The number of hydrogen-bond donors (Lipinski definition) is 1.